The minimum atomic E-state index is -0.218. The lowest BCUT2D eigenvalue weighted by Gasteiger charge is -2.21. The normalized spacial score (nSPS) is 11.7. The van der Waals surface area contributed by atoms with Crippen LogP contribution >= 0.6 is 0 Å². The van der Waals surface area contributed by atoms with E-state index in [2.05, 4.69) is 4.98 Å². The highest BCUT2D eigenvalue weighted by molar-refractivity contribution is 5.79. The number of nitrogens with zero attached hydrogens (tertiary/aromatic N) is 1. The Kier molecular flexibility index (Phi) is 3.29. The molecular weight excluding hydrogens is 214 g/mol. The van der Waals surface area contributed by atoms with Gasteiger partial charge in [0.1, 0.15) is 5.75 Å². The fourth-order valence-corrected chi connectivity index (χ4v) is 1.47. The molecule has 0 bridgehead atoms. The van der Waals surface area contributed by atoms with Crippen LogP contribution in [0.15, 0.2) is 36.5 Å². The molecule has 1 aromatic heterocycles. The third-order valence-electron chi connectivity index (χ3n) is 2.63. The van der Waals surface area contributed by atoms with Gasteiger partial charge < -0.3 is 9.84 Å². The molecule has 0 unspecified atom stereocenters. The van der Waals surface area contributed by atoms with E-state index >= 15 is 0 Å². The molecule has 0 saturated carbocycles. The Labute approximate surface area is 101 Å². The number of aliphatic hydroxyl groups is 1. The molecule has 3 heteroatoms. The van der Waals surface area contributed by atoms with E-state index in [4.69, 9.17) is 9.84 Å². The van der Waals surface area contributed by atoms with Crippen molar-refractivity contribution in [3.8, 4) is 5.75 Å². The molecular formula is C14H17NO2. The van der Waals surface area contributed by atoms with Crippen LogP contribution in [0.1, 0.15) is 13.8 Å². The van der Waals surface area contributed by atoms with Gasteiger partial charge in [0.2, 0.25) is 0 Å². The highest BCUT2D eigenvalue weighted by Gasteiger charge is 2.17. The molecule has 1 heterocycles. The number of fused-ring (bicyclic) bond motifs is 1. The highest BCUT2D eigenvalue weighted by atomic mass is 16.5. The molecule has 0 fully saturated rings. The summed E-state index contributed by atoms with van der Waals surface area (Å²) >= 11 is 0. The van der Waals surface area contributed by atoms with E-state index in [0.717, 1.165) is 16.7 Å². The predicted molar refractivity (Wildman–Crippen MR) is 68.1 cm³/mol. The maximum atomic E-state index is 9.15. The molecule has 17 heavy (non-hydrogen) atoms. The summed E-state index contributed by atoms with van der Waals surface area (Å²) in [6.07, 6.45) is 1.78. The van der Waals surface area contributed by atoms with Crippen molar-refractivity contribution in [3.63, 3.8) is 0 Å². The zero-order valence-electron chi connectivity index (χ0n) is 10.2. The van der Waals surface area contributed by atoms with E-state index in [0.29, 0.717) is 6.61 Å². The lowest BCUT2D eigenvalue weighted by molar-refractivity contribution is 0.0976. The van der Waals surface area contributed by atoms with Crippen molar-refractivity contribution in [1.82, 2.24) is 4.98 Å². The largest absolute Gasteiger partial charge is 0.493 e. The van der Waals surface area contributed by atoms with Gasteiger partial charge in [0.05, 0.1) is 18.7 Å². The predicted octanol–water partition coefficient (Wildman–Crippen LogP) is 2.63. The lowest BCUT2D eigenvalue weighted by Crippen LogP contribution is -2.25. The topological polar surface area (TPSA) is 42.4 Å². The molecule has 90 valence electrons. The minimum Gasteiger partial charge on any atom is -0.493 e. The quantitative estimate of drug-likeness (QED) is 0.879. The summed E-state index contributed by atoms with van der Waals surface area (Å²) in [6, 6.07) is 9.73. The van der Waals surface area contributed by atoms with Crippen molar-refractivity contribution in [2.45, 2.75) is 13.8 Å². The van der Waals surface area contributed by atoms with Crippen molar-refractivity contribution < 1.29 is 9.84 Å². The fraction of sp³-hybridized carbons (Fsp3) is 0.357. The van der Waals surface area contributed by atoms with Crippen LogP contribution in [0.25, 0.3) is 10.9 Å². The van der Waals surface area contributed by atoms with E-state index in [1.54, 1.807) is 6.20 Å². The zero-order valence-corrected chi connectivity index (χ0v) is 10.2. The van der Waals surface area contributed by atoms with Gasteiger partial charge in [-0.2, -0.15) is 0 Å². The summed E-state index contributed by atoms with van der Waals surface area (Å²) in [7, 11) is 0. The van der Waals surface area contributed by atoms with Crippen LogP contribution in [-0.2, 0) is 0 Å². The Hall–Kier alpha value is -1.61. The molecule has 3 nitrogen and oxygen atoms in total. The van der Waals surface area contributed by atoms with Crippen LogP contribution in [0.4, 0.5) is 0 Å². The first kappa shape index (κ1) is 11.9. The number of hydrogen-bond acceptors (Lipinski definition) is 3. The summed E-state index contributed by atoms with van der Waals surface area (Å²) < 4.78 is 5.68. The van der Waals surface area contributed by atoms with Gasteiger partial charge in [-0.3, -0.25) is 4.98 Å². The van der Waals surface area contributed by atoms with E-state index in [1.807, 2.05) is 44.2 Å². The number of ether oxygens (including phenoxy) is 1. The van der Waals surface area contributed by atoms with Crippen LogP contribution in [0.2, 0.25) is 0 Å². The van der Waals surface area contributed by atoms with Crippen molar-refractivity contribution >= 4 is 10.9 Å². The second kappa shape index (κ2) is 4.72. The Bertz CT molecular complexity index is 508. The number of aliphatic hydroxyl groups excluding tert-OH is 1. The Balaban J connectivity index is 2.14. The van der Waals surface area contributed by atoms with Gasteiger partial charge in [0.25, 0.3) is 0 Å². The third-order valence-corrected chi connectivity index (χ3v) is 2.63. The molecule has 0 aliphatic carbocycles. The average Bonchev–Trinajstić information content (AvgIpc) is 2.36. The zero-order chi connectivity index (χ0) is 12.3. The van der Waals surface area contributed by atoms with Gasteiger partial charge in [0, 0.05) is 17.0 Å². The minimum absolute atomic E-state index is 0.113. The summed E-state index contributed by atoms with van der Waals surface area (Å²) in [5.74, 6) is 0.812. The van der Waals surface area contributed by atoms with E-state index in [1.165, 1.54) is 0 Å². The van der Waals surface area contributed by atoms with Crippen molar-refractivity contribution in [2.75, 3.05) is 13.2 Å². The van der Waals surface area contributed by atoms with Crippen molar-refractivity contribution in [2.24, 2.45) is 5.41 Å². The molecule has 0 aliphatic heterocycles. The number of rotatable bonds is 4. The van der Waals surface area contributed by atoms with E-state index < -0.39 is 0 Å². The molecule has 0 atom stereocenters. The smallest absolute Gasteiger partial charge is 0.120 e. The van der Waals surface area contributed by atoms with Gasteiger partial charge in [-0.15, -0.1) is 0 Å². The monoisotopic (exact) mass is 231 g/mol. The fourth-order valence-electron chi connectivity index (χ4n) is 1.47. The molecule has 0 amide bonds. The van der Waals surface area contributed by atoms with Crippen LogP contribution < -0.4 is 4.74 Å². The van der Waals surface area contributed by atoms with E-state index in [-0.39, 0.29) is 12.0 Å². The molecule has 0 saturated heterocycles. The molecule has 0 radical (unpaired) electrons. The first-order valence-electron chi connectivity index (χ1n) is 5.69. The third kappa shape index (κ3) is 2.94. The maximum absolute atomic E-state index is 9.15. The van der Waals surface area contributed by atoms with Gasteiger partial charge in [-0.05, 0) is 24.3 Å². The second-order valence-electron chi connectivity index (χ2n) is 4.97. The molecule has 0 spiro atoms. The summed E-state index contributed by atoms with van der Waals surface area (Å²) in [5, 5.41) is 10.2. The lowest BCUT2D eigenvalue weighted by atomic mass is 9.96. The van der Waals surface area contributed by atoms with Crippen LogP contribution in [0.3, 0.4) is 0 Å². The van der Waals surface area contributed by atoms with Crippen LogP contribution in [0.5, 0.6) is 5.75 Å². The standard InChI is InChI=1S/C14H17NO2/c1-14(2,9-16)10-17-12-5-6-13-11(8-12)4-3-7-15-13/h3-8,16H,9-10H2,1-2H3. The second-order valence-corrected chi connectivity index (χ2v) is 4.97. The summed E-state index contributed by atoms with van der Waals surface area (Å²) in [6.45, 7) is 4.54. The average molecular weight is 231 g/mol. The molecule has 2 aromatic rings. The molecule has 0 aliphatic rings. The molecule has 2 rings (SSSR count). The van der Waals surface area contributed by atoms with Gasteiger partial charge in [-0.25, -0.2) is 0 Å². The Morgan fingerprint density at radius 2 is 2.12 bits per heavy atom. The number of benzene rings is 1. The molecule has 1 N–H and O–H groups in total. The van der Waals surface area contributed by atoms with Gasteiger partial charge in [0.15, 0.2) is 0 Å². The van der Waals surface area contributed by atoms with Gasteiger partial charge >= 0.3 is 0 Å². The highest BCUT2D eigenvalue weighted by Crippen LogP contribution is 2.21. The maximum Gasteiger partial charge on any atom is 0.120 e. The first-order valence-corrected chi connectivity index (χ1v) is 5.69. The SMILES string of the molecule is CC(C)(CO)COc1ccc2ncccc2c1. The number of aromatic nitrogens is 1. The van der Waals surface area contributed by atoms with Crippen LogP contribution in [0, 0.1) is 5.41 Å². The van der Waals surface area contributed by atoms with Crippen LogP contribution in [-0.4, -0.2) is 23.3 Å². The number of hydrogen-bond donors (Lipinski definition) is 1. The summed E-state index contributed by atoms with van der Waals surface area (Å²) in [4.78, 5) is 4.25. The Morgan fingerprint density at radius 1 is 1.29 bits per heavy atom. The first-order chi connectivity index (χ1) is 8.11. The molecule has 1 aromatic carbocycles. The Morgan fingerprint density at radius 3 is 2.88 bits per heavy atom. The number of pyridine rings is 1. The van der Waals surface area contributed by atoms with Crippen molar-refractivity contribution in [3.05, 3.63) is 36.5 Å². The van der Waals surface area contributed by atoms with Crippen molar-refractivity contribution in [1.29, 1.82) is 0 Å². The van der Waals surface area contributed by atoms with E-state index in [9.17, 15) is 0 Å². The van der Waals surface area contributed by atoms with Gasteiger partial charge in [-0.1, -0.05) is 19.9 Å². The summed E-state index contributed by atoms with van der Waals surface area (Å²) in [5.41, 5.74) is 0.741.